The van der Waals surface area contributed by atoms with E-state index < -0.39 is 0 Å². The van der Waals surface area contributed by atoms with E-state index in [1.165, 1.54) is 29.4 Å². The van der Waals surface area contributed by atoms with E-state index in [1.807, 2.05) is 0 Å². The number of likely N-dealkylation sites (N-methyl/N-ethyl adjacent to an activating group) is 1. The number of hydrogen-bond acceptors (Lipinski definition) is 2. The molecule has 1 aliphatic rings. The van der Waals surface area contributed by atoms with Crippen LogP contribution in [-0.4, -0.2) is 36.1 Å². The molecule has 1 aromatic carbocycles. The predicted octanol–water partition coefficient (Wildman–Crippen LogP) is 2.14. The van der Waals surface area contributed by atoms with Crippen LogP contribution in [-0.2, 0) is 7.05 Å². The second-order valence-electron chi connectivity index (χ2n) is 5.30. The molecule has 1 fully saturated rings. The van der Waals surface area contributed by atoms with Gasteiger partial charge in [0.2, 0.25) is 0 Å². The van der Waals surface area contributed by atoms with Gasteiger partial charge in [0.05, 0.1) is 0 Å². The molecule has 0 spiro atoms. The molecule has 0 bridgehead atoms. The Hall–Kier alpha value is -1.32. The third-order valence-electron chi connectivity index (χ3n) is 4.03. The first-order valence-electron chi connectivity index (χ1n) is 6.71. The first-order chi connectivity index (χ1) is 8.75. The summed E-state index contributed by atoms with van der Waals surface area (Å²) in [6.45, 7) is 3.35. The van der Waals surface area contributed by atoms with Crippen molar-refractivity contribution in [1.29, 1.82) is 0 Å². The Morgan fingerprint density at radius 1 is 1.22 bits per heavy atom. The van der Waals surface area contributed by atoms with Crippen molar-refractivity contribution in [2.75, 3.05) is 26.7 Å². The molecule has 0 amide bonds. The van der Waals surface area contributed by atoms with Crippen LogP contribution in [0.4, 0.5) is 0 Å². The molecule has 18 heavy (non-hydrogen) atoms. The van der Waals surface area contributed by atoms with E-state index in [-0.39, 0.29) is 0 Å². The highest BCUT2D eigenvalue weighted by atomic mass is 15.2. The molecular weight excluding hydrogens is 222 g/mol. The minimum atomic E-state index is 0.497. The molecule has 0 aliphatic carbocycles. The van der Waals surface area contributed by atoms with Gasteiger partial charge in [-0.1, -0.05) is 6.07 Å². The van der Waals surface area contributed by atoms with Gasteiger partial charge in [0.25, 0.3) is 0 Å². The van der Waals surface area contributed by atoms with Crippen molar-refractivity contribution in [3.63, 3.8) is 0 Å². The van der Waals surface area contributed by atoms with Gasteiger partial charge >= 0.3 is 0 Å². The predicted molar refractivity (Wildman–Crippen MR) is 75.8 cm³/mol. The fourth-order valence-electron chi connectivity index (χ4n) is 2.88. The van der Waals surface area contributed by atoms with E-state index in [9.17, 15) is 0 Å². The van der Waals surface area contributed by atoms with E-state index in [1.54, 1.807) is 0 Å². The molecular formula is C15H21N3. The van der Waals surface area contributed by atoms with E-state index in [0.29, 0.717) is 6.04 Å². The van der Waals surface area contributed by atoms with Gasteiger partial charge in [-0.05, 0) is 55.7 Å². The molecule has 1 aliphatic heterocycles. The van der Waals surface area contributed by atoms with Crippen molar-refractivity contribution >= 4 is 10.9 Å². The Kier molecular flexibility index (Phi) is 3.10. The fraction of sp³-hybridized carbons (Fsp3) is 0.467. The van der Waals surface area contributed by atoms with Crippen LogP contribution < -0.4 is 5.32 Å². The Labute approximate surface area is 108 Å². The smallest absolute Gasteiger partial charge is 0.0477 e. The molecule has 0 saturated carbocycles. The Morgan fingerprint density at radius 3 is 3.00 bits per heavy atom. The van der Waals surface area contributed by atoms with Crippen LogP contribution in [0.2, 0.25) is 0 Å². The van der Waals surface area contributed by atoms with Crippen LogP contribution >= 0.6 is 0 Å². The highest BCUT2D eigenvalue weighted by molar-refractivity contribution is 5.80. The van der Waals surface area contributed by atoms with Crippen molar-refractivity contribution < 1.29 is 0 Å². The van der Waals surface area contributed by atoms with Crippen molar-refractivity contribution in [2.24, 2.45) is 7.05 Å². The number of aromatic nitrogens is 1. The topological polar surface area (TPSA) is 20.2 Å². The summed E-state index contributed by atoms with van der Waals surface area (Å²) in [4.78, 5) is 2.46. The third-order valence-corrected chi connectivity index (χ3v) is 4.03. The number of nitrogens with zero attached hydrogens (tertiary/aromatic N) is 2. The zero-order valence-electron chi connectivity index (χ0n) is 11.2. The summed E-state index contributed by atoms with van der Waals surface area (Å²) in [6.07, 6.45) is 3.37. The van der Waals surface area contributed by atoms with Gasteiger partial charge < -0.3 is 9.88 Å². The maximum Gasteiger partial charge on any atom is 0.0477 e. The van der Waals surface area contributed by atoms with Gasteiger partial charge in [-0.25, -0.2) is 0 Å². The monoisotopic (exact) mass is 243 g/mol. The number of hydrogen-bond donors (Lipinski definition) is 1. The average molecular weight is 243 g/mol. The lowest BCUT2D eigenvalue weighted by molar-refractivity contribution is 0.262. The third kappa shape index (κ3) is 2.04. The van der Waals surface area contributed by atoms with Crippen LogP contribution in [0.1, 0.15) is 18.0 Å². The number of aryl methyl sites for hydroxylation is 1. The summed E-state index contributed by atoms with van der Waals surface area (Å²) in [6, 6.07) is 9.55. The Balaban J connectivity index is 1.97. The van der Waals surface area contributed by atoms with Crippen molar-refractivity contribution in [2.45, 2.75) is 12.5 Å². The summed E-state index contributed by atoms with van der Waals surface area (Å²) in [5.41, 5.74) is 2.73. The zero-order valence-corrected chi connectivity index (χ0v) is 11.2. The summed E-state index contributed by atoms with van der Waals surface area (Å²) in [7, 11) is 4.33. The second kappa shape index (κ2) is 4.75. The lowest BCUT2D eigenvalue weighted by Crippen LogP contribution is -2.29. The molecule has 0 radical (unpaired) electrons. The number of nitrogens with one attached hydrogen (secondary N) is 1. The molecule has 1 atom stereocenters. The lowest BCUT2D eigenvalue weighted by Gasteiger charge is -2.26. The van der Waals surface area contributed by atoms with Gasteiger partial charge in [-0.2, -0.15) is 0 Å². The number of benzene rings is 1. The minimum Gasteiger partial charge on any atom is -0.351 e. The maximum atomic E-state index is 3.53. The summed E-state index contributed by atoms with van der Waals surface area (Å²) in [5, 5.41) is 4.87. The molecule has 3 rings (SSSR count). The zero-order chi connectivity index (χ0) is 12.5. The quantitative estimate of drug-likeness (QED) is 0.828. The van der Waals surface area contributed by atoms with Gasteiger partial charge in [0.1, 0.15) is 0 Å². The highest BCUT2D eigenvalue weighted by Gasteiger charge is 2.19. The van der Waals surface area contributed by atoms with Crippen LogP contribution in [0, 0.1) is 0 Å². The summed E-state index contributed by atoms with van der Waals surface area (Å²) in [5.74, 6) is 0. The minimum absolute atomic E-state index is 0.497. The van der Waals surface area contributed by atoms with Crippen LogP contribution in [0.3, 0.4) is 0 Å². The van der Waals surface area contributed by atoms with E-state index >= 15 is 0 Å². The molecule has 3 heteroatoms. The van der Waals surface area contributed by atoms with Crippen molar-refractivity contribution in [3.8, 4) is 0 Å². The molecule has 1 saturated heterocycles. The molecule has 3 nitrogen and oxygen atoms in total. The van der Waals surface area contributed by atoms with Gasteiger partial charge in [-0.15, -0.1) is 0 Å². The first-order valence-corrected chi connectivity index (χ1v) is 6.71. The van der Waals surface area contributed by atoms with E-state index in [0.717, 1.165) is 13.1 Å². The van der Waals surface area contributed by atoms with Crippen molar-refractivity contribution in [3.05, 3.63) is 36.0 Å². The molecule has 2 aromatic rings. The fourth-order valence-corrected chi connectivity index (χ4v) is 2.88. The Bertz CT molecular complexity index is 544. The summed E-state index contributed by atoms with van der Waals surface area (Å²) >= 11 is 0. The van der Waals surface area contributed by atoms with Gasteiger partial charge in [-0.3, -0.25) is 4.90 Å². The highest BCUT2D eigenvalue weighted by Crippen LogP contribution is 2.25. The summed E-state index contributed by atoms with van der Waals surface area (Å²) < 4.78 is 2.17. The lowest BCUT2D eigenvalue weighted by atomic mass is 10.0. The average Bonchev–Trinajstić information content (AvgIpc) is 2.61. The van der Waals surface area contributed by atoms with Crippen LogP contribution in [0.25, 0.3) is 10.9 Å². The molecule has 96 valence electrons. The molecule has 1 N–H and O–H groups in total. The standard InChI is InChI=1S/C15H21N3/c1-17-8-3-7-16-11-15(17)12-4-5-14-13(10-12)6-9-18(14)2/h4-6,9-10,15-16H,3,7-8,11H2,1-2H3. The maximum absolute atomic E-state index is 3.53. The second-order valence-corrected chi connectivity index (χ2v) is 5.30. The number of fused-ring (bicyclic) bond motifs is 1. The molecule has 2 heterocycles. The first kappa shape index (κ1) is 11.8. The Morgan fingerprint density at radius 2 is 2.11 bits per heavy atom. The molecule has 1 aromatic heterocycles. The molecule has 1 unspecified atom stereocenters. The van der Waals surface area contributed by atoms with E-state index in [4.69, 9.17) is 0 Å². The van der Waals surface area contributed by atoms with Gasteiger partial charge in [0.15, 0.2) is 0 Å². The SMILES string of the molecule is CN1CCCNCC1c1ccc2c(ccn2C)c1. The number of rotatable bonds is 1. The normalized spacial score (nSPS) is 22.2. The largest absolute Gasteiger partial charge is 0.351 e. The van der Waals surface area contributed by atoms with Crippen LogP contribution in [0.15, 0.2) is 30.5 Å². The van der Waals surface area contributed by atoms with E-state index in [2.05, 4.69) is 59.3 Å². The van der Waals surface area contributed by atoms with Crippen molar-refractivity contribution in [1.82, 2.24) is 14.8 Å². The van der Waals surface area contributed by atoms with Gasteiger partial charge in [0, 0.05) is 31.3 Å². The van der Waals surface area contributed by atoms with Crippen LogP contribution in [0.5, 0.6) is 0 Å².